The van der Waals surface area contributed by atoms with Crippen LogP contribution >= 0.6 is 35.0 Å². The first-order chi connectivity index (χ1) is 11.7. The van der Waals surface area contributed by atoms with Gasteiger partial charge < -0.3 is 20.1 Å². The topological polar surface area (TPSA) is 86.7 Å². The first-order valence-corrected chi connectivity index (χ1v) is 9.19. The largest absolute Gasteiger partial charge is 0.378 e. The van der Waals surface area contributed by atoms with Crippen LogP contribution in [0.25, 0.3) is 0 Å². The molecule has 0 radical (unpaired) electrons. The van der Waals surface area contributed by atoms with Crippen LogP contribution in [0.2, 0.25) is 10.0 Å². The summed E-state index contributed by atoms with van der Waals surface area (Å²) in [4.78, 5) is 37.4. The summed E-state index contributed by atoms with van der Waals surface area (Å²) in [5.74, 6) is -1.03. The fourth-order valence-electron chi connectivity index (χ4n) is 3.05. The number of nitrogens with one attached hydrogen (secondary N) is 1. The molecule has 9 heteroatoms. The smallest absolute Gasteiger partial charge is 0.254 e. The predicted octanol–water partition coefficient (Wildman–Crippen LogP) is 1.77. The number of rotatable bonds is 4. The minimum absolute atomic E-state index is 0.221. The van der Waals surface area contributed by atoms with E-state index in [1.807, 2.05) is 13.8 Å². The Labute approximate surface area is 158 Å². The van der Waals surface area contributed by atoms with E-state index in [0.29, 0.717) is 5.02 Å². The molecule has 25 heavy (non-hydrogen) atoms. The van der Waals surface area contributed by atoms with Gasteiger partial charge in [0.2, 0.25) is 5.91 Å². The van der Waals surface area contributed by atoms with Gasteiger partial charge in [-0.05, 0) is 31.5 Å². The Kier molecular flexibility index (Phi) is 4.79. The van der Waals surface area contributed by atoms with E-state index in [2.05, 4.69) is 5.32 Å². The number of nitrogens with zero attached hydrogens (tertiary/aromatic N) is 1. The number of aliphatic hydroxyl groups excluding tert-OH is 1. The first-order valence-electron chi connectivity index (χ1n) is 7.56. The van der Waals surface area contributed by atoms with Crippen molar-refractivity contribution < 1.29 is 19.5 Å². The molecule has 2 fully saturated rings. The molecule has 2 amide bonds. The summed E-state index contributed by atoms with van der Waals surface area (Å²) in [6.45, 7) is 3.76. The van der Waals surface area contributed by atoms with Crippen LogP contribution in [0, 0.1) is 0 Å². The molecular formula is C16H16Cl2N2O4S. The Hall–Kier alpha value is -1.28. The zero-order valence-electron chi connectivity index (χ0n) is 13.4. The average Bonchev–Trinajstić information content (AvgIpc) is 2.81. The molecule has 4 atom stereocenters. The van der Waals surface area contributed by atoms with E-state index in [-0.39, 0.29) is 21.9 Å². The fourth-order valence-corrected chi connectivity index (χ4v) is 4.96. The van der Waals surface area contributed by atoms with Gasteiger partial charge in [-0.1, -0.05) is 29.3 Å². The molecule has 0 aliphatic carbocycles. The van der Waals surface area contributed by atoms with Crippen molar-refractivity contribution in [3.05, 3.63) is 33.8 Å². The summed E-state index contributed by atoms with van der Waals surface area (Å²) in [5.41, 5.74) is 0.278. The van der Waals surface area contributed by atoms with Gasteiger partial charge in [0.15, 0.2) is 6.10 Å². The van der Waals surface area contributed by atoms with Crippen molar-refractivity contribution in [2.24, 2.45) is 0 Å². The normalized spacial score (nSPS) is 28.1. The molecule has 2 saturated heterocycles. The van der Waals surface area contributed by atoms with Crippen LogP contribution < -0.4 is 5.32 Å². The number of aldehydes is 1. The molecule has 134 valence electrons. The molecule has 1 unspecified atom stereocenters. The molecule has 6 nitrogen and oxygen atoms in total. The average molecular weight is 403 g/mol. The van der Waals surface area contributed by atoms with Gasteiger partial charge >= 0.3 is 0 Å². The van der Waals surface area contributed by atoms with Crippen molar-refractivity contribution in [2.45, 2.75) is 42.2 Å². The summed E-state index contributed by atoms with van der Waals surface area (Å²) in [6, 6.07) is 3.08. The maximum absolute atomic E-state index is 12.3. The van der Waals surface area contributed by atoms with Gasteiger partial charge in [-0.3, -0.25) is 9.59 Å². The van der Waals surface area contributed by atoms with Crippen molar-refractivity contribution in [3.8, 4) is 0 Å². The van der Waals surface area contributed by atoms with Crippen molar-refractivity contribution >= 4 is 53.1 Å². The maximum atomic E-state index is 12.3. The third kappa shape index (κ3) is 3.03. The van der Waals surface area contributed by atoms with Crippen LogP contribution in [-0.4, -0.2) is 50.3 Å². The van der Waals surface area contributed by atoms with E-state index in [0.717, 1.165) is 6.29 Å². The van der Waals surface area contributed by atoms with Crippen LogP contribution in [-0.2, 0) is 14.4 Å². The van der Waals surface area contributed by atoms with Gasteiger partial charge in [0, 0.05) is 4.75 Å². The van der Waals surface area contributed by atoms with Gasteiger partial charge in [0.25, 0.3) is 5.91 Å². The molecule has 2 heterocycles. The van der Waals surface area contributed by atoms with E-state index in [9.17, 15) is 19.5 Å². The molecule has 2 aliphatic rings. The van der Waals surface area contributed by atoms with Crippen molar-refractivity contribution in [3.63, 3.8) is 0 Å². The Balaban J connectivity index is 1.71. The minimum Gasteiger partial charge on any atom is -0.378 e. The highest BCUT2D eigenvalue weighted by molar-refractivity contribution is 8.01. The van der Waals surface area contributed by atoms with E-state index >= 15 is 0 Å². The lowest BCUT2D eigenvalue weighted by Crippen LogP contribution is -2.70. The van der Waals surface area contributed by atoms with Crippen LogP contribution in [0.15, 0.2) is 18.2 Å². The predicted molar refractivity (Wildman–Crippen MR) is 95.5 cm³/mol. The monoisotopic (exact) mass is 402 g/mol. The quantitative estimate of drug-likeness (QED) is 0.591. The van der Waals surface area contributed by atoms with Gasteiger partial charge in [-0.15, -0.1) is 11.8 Å². The number of hydrogen-bond donors (Lipinski definition) is 2. The maximum Gasteiger partial charge on any atom is 0.254 e. The summed E-state index contributed by atoms with van der Waals surface area (Å²) in [5, 5.41) is 13.0. The lowest BCUT2D eigenvalue weighted by molar-refractivity contribution is -0.153. The van der Waals surface area contributed by atoms with E-state index in [4.69, 9.17) is 23.2 Å². The summed E-state index contributed by atoms with van der Waals surface area (Å²) < 4.78 is -0.427. The lowest BCUT2D eigenvalue weighted by Gasteiger charge is -2.43. The van der Waals surface area contributed by atoms with Crippen molar-refractivity contribution in [1.29, 1.82) is 0 Å². The molecular weight excluding hydrogens is 387 g/mol. The van der Waals surface area contributed by atoms with Crippen LogP contribution in [0.5, 0.6) is 0 Å². The van der Waals surface area contributed by atoms with Crippen molar-refractivity contribution in [1.82, 2.24) is 10.2 Å². The SMILES string of the molecule is CC1(C)S[C@@H]2[C@H](NC(=O)C(O)c3ccc(Cl)c(Cl)c3)C(=O)N2[C@H]1C=O. The highest BCUT2D eigenvalue weighted by atomic mass is 35.5. The van der Waals surface area contributed by atoms with Gasteiger partial charge in [0.05, 0.1) is 10.0 Å². The van der Waals surface area contributed by atoms with Crippen LogP contribution in [0.4, 0.5) is 0 Å². The summed E-state index contributed by atoms with van der Waals surface area (Å²) >= 11 is 13.2. The fraction of sp³-hybridized carbons (Fsp3) is 0.438. The molecule has 2 aliphatic heterocycles. The second-order valence-corrected chi connectivity index (χ2v) is 9.09. The molecule has 0 aromatic heterocycles. The third-order valence-corrected chi connectivity index (χ3v) is 6.78. The Morgan fingerprint density at radius 1 is 1.40 bits per heavy atom. The first kappa shape index (κ1) is 18.5. The van der Waals surface area contributed by atoms with Crippen molar-refractivity contribution in [2.75, 3.05) is 0 Å². The number of thioether (sulfide) groups is 1. The number of hydrogen-bond acceptors (Lipinski definition) is 5. The highest BCUT2D eigenvalue weighted by Gasteiger charge is 2.61. The lowest BCUT2D eigenvalue weighted by atomic mass is 9.97. The zero-order chi connectivity index (χ0) is 18.5. The molecule has 1 aromatic rings. The van der Waals surface area contributed by atoms with Gasteiger partial charge in [-0.2, -0.15) is 0 Å². The van der Waals surface area contributed by atoms with Crippen LogP contribution in [0.1, 0.15) is 25.5 Å². The number of carbonyl (C=O) groups excluding carboxylic acids is 3. The number of carbonyl (C=O) groups is 3. The Morgan fingerprint density at radius 2 is 2.08 bits per heavy atom. The Bertz CT molecular complexity index is 758. The Morgan fingerprint density at radius 3 is 2.68 bits per heavy atom. The number of benzene rings is 1. The zero-order valence-corrected chi connectivity index (χ0v) is 15.7. The van der Waals surface area contributed by atoms with E-state index < -0.39 is 28.8 Å². The standard InChI is InChI=1S/C16H16Cl2N2O4S/c1-16(2)10(6-21)20-14(24)11(15(20)25-16)19-13(23)12(22)7-3-4-8(17)9(18)5-7/h3-6,10-12,15,22H,1-2H3,(H,19,23)/t10-,11+,12?,15+/m0/s1. The molecule has 0 spiro atoms. The molecule has 3 rings (SSSR count). The number of β-lactam (4-membered cyclic amide) rings is 1. The van der Waals surface area contributed by atoms with E-state index in [1.165, 1.54) is 34.9 Å². The molecule has 2 N–H and O–H groups in total. The summed E-state index contributed by atoms with van der Waals surface area (Å²) in [7, 11) is 0. The summed E-state index contributed by atoms with van der Waals surface area (Å²) in [6.07, 6.45) is -0.717. The second kappa shape index (κ2) is 6.46. The van der Waals surface area contributed by atoms with Gasteiger partial charge in [0.1, 0.15) is 23.7 Å². The van der Waals surface area contributed by atoms with Crippen LogP contribution in [0.3, 0.4) is 0 Å². The molecule has 0 bridgehead atoms. The number of halogens is 2. The minimum atomic E-state index is -1.47. The molecule has 1 aromatic carbocycles. The second-order valence-electron chi connectivity index (χ2n) is 6.50. The number of fused-ring (bicyclic) bond motifs is 1. The van der Waals surface area contributed by atoms with E-state index in [1.54, 1.807) is 0 Å². The molecule has 0 saturated carbocycles. The number of aliphatic hydroxyl groups is 1. The highest BCUT2D eigenvalue weighted by Crippen LogP contribution is 2.50. The third-order valence-electron chi connectivity index (χ3n) is 4.45. The number of amides is 2. The van der Waals surface area contributed by atoms with Gasteiger partial charge in [-0.25, -0.2) is 0 Å².